The monoisotopic (exact) mass is 248 g/mol. The van der Waals surface area contributed by atoms with Crippen LogP contribution in [0.1, 0.15) is 37.2 Å². The van der Waals surface area contributed by atoms with Gasteiger partial charge in [0.25, 0.3) is 5.91 Å². The summed E-state index contributed by atoms with van der Waals surface area (Å²) in [4.78, 5) is 11.5. The second-order valence-corrected chi connectivity index (χ2v) is 4.86. The Bertz CT molecular complexity index is 400. The Hall–Kier alpha value is -1.65. The number of hydrogen-bond donors (Lipinski definition) is 2. The van der Waals surface area contributed by atoms with Gasteiger partial charge < -0.3 is 10.6 Å². The van der Waals surface area contributed by atoms with Gasteiger partial charge in [-0.05, 0) is 43.7 Å². The molecule has 0 bridgehead atoms. The van der Waals surface area contributed by atoms with Crippen molar-refractivity contribution in [1.82, 2.24) is 15.5 Å². The standard InChI is InChI=1S/C13H20N4O/c1-3-14-13(18)11-6-7-12(17-16-11)15-8-9(2)10-4-5-10/h6-7,9-10H,3-5,8H2,1-2H3,(H,14,18)(H,15,17). The number of carbonyl (C=O) groups is 1. The van der Waals surface area contributed by atoms with Crippen molar-refractivity contribution < 1.29 is 4.79 Å². The predicted molar refractivity (Wildman–Crippen MR) is 70.4 cm³/mol. The molecule has 5 heteroatoms. The molecule has 0 spiro atoms. The van der Waals surface area contributed by atoms with Gasteiger partial charge in [-0.3, -0.25) is 4.79 Å². The van der Waals surface area contributed by atoms with Gasteiger partial charge in [0, 0.05) is 13.1 Å². The molecule has 1 fully saturated rings. The highest BCUT2D eigenvalue weighted by Gasteiger charge is 2.27. The zero-order valence-corrected chi connectivity index (χ0v) is 10.9. The molecular formula is C13H20N4O. The van der Waals surface area contributed by atoms with E-state index in [-0.39, 0.29) is 5.91 Å². The van der Waals surface area contributed by atoms with E-state index in [0.29, 0.717) is 18.2 Å². The Kier molecular flexibility index (Phi) is 4.12. The first-order valence-corrected chi connectivity index (χ1v) is 6.56. The number of carbonyl (C=O) groups excluding carboxylic acids is 1. The predicted octanol–water partition coefficient (Wildman–Crippen LogP) is 1.68. The number of nitrogens with zero attached hydrogens (tertiary/aromatic N) is 2. The van der Waals surface area contributed by atoms with Crippen molar-refractivity contribution in [1.29, 1.82) is 0 Å². The molecule has 0 radical (unpaired) electrons. The van der Waals surface area contributed by atoms with Gasteiger partial charge in [0.15, 0.2) is 5.69 Å². The van der Waals surface area contributed by atoms with Crippen LogP contribution in [0.4, 0.5) is 5.82 Å². The highest BCUT2D eigenvalue weighted by Crippen LogP contribution is 2.36. The molecule has 0 saturated heterocycles. The number of amides is 1. The molecule has 2 rings (SSSR count). The van der Waals surface area contributed by atoms with E-state index in [1.165, 1.54) is 12.8 Å². The van der Waals surface area contributed by atoms with Crippen LogP contribution >= 0.6 is 0 Å². The molecule has 1 aromatic heterocycles. The topological polar surface area (TPSA) is 66.9 Å². The molecule has 2 N–H and O–H groups in total. The number of nitrogens with one attached hydrogen (secondary N) is 2. The lowest BCUT2D eigenvalue weighted by Gasteiger charge is -2.11. The van der Waals surface area contributed by atoms with Crippen molar-refractivity contribution in [2.45, 2.75) is 26.7 Å². The van der Waals surface area contributed by atoms with Gasteiger partial charge in [0.2, 0.25) is 0 Å². The second kappa shape index (κ2) is 5.80. The summed E-state index contributed by atoms with van der Waals surface area (Å²) in [5, 5.41) is 13.9. The summed E-state index contributed by atoms with van der Waals surface area (Å²) < 4.78 is 0. The number of aromatic nitrogens is 2. The number of rotatable bonds is 6. The van der Waals surface area contributed by atoms with Crippen molar-refractivity contribution in [3.63, 3.8) is 0 Å². The Morgan fingerprint density at radius 3 is 2.78 bits per heavy atom. The van der Waals surface area contributed by atoms with Crippen molar-refractivity contribution in [3.05, 3.63) is 17.8 Å². The van der Waals surface area contributed by atoms with E-state index < -0.39 is 0 Å². The van der Waals surface area contributed by atoms with E-state index in [0.717, 1.165) is 18.3 Å². The SMILES string of the molecule is CCNC(=O)c1ccc(NCC(C)C2CC2)nn1. The van der Waals surface area contributed by atoms with Gasteiger partial charge in [-0.2, -0.15) is 0 Å². The molecule has 1 aliphatic rings. The van der Waals surface area contributed by atoms with E-state index in [9.17, 15) is 4.79 Å². The minimum absolute atomic E-state index is 0.178. The smallest absolute Gasteiger partial charge is 0.271 e. The fraction of sp³-hybridized carbons (Fsp3) is 0.615. The van der Waals surface area contributed by atoms with Gasteiger partial charge in [-0.25, -0.2) is 0 Å². The Morgan fingerprint density at radius 2 is 2.22 bits per heavy atom. The quantitative estimate of drug-likeness (QED) is 0.804. The van der Waals surface area contributed by atoms with Crippen molar-refractivity contribution in [2.24, 2.45) is 11.8 Å². The summed E-state index contributed by atoms with van der Waals surface area (Å²) >= 11 is 0. The molecule has 5 nitrogen and oxygen atoms in total. The average Bonchev–Trinajstić information content (AvgIpc) is 3.21. The number of hydrogen-bond acceptors (Lipinski definition) is 4. The maximum atomic E-state index is 11.5. The lowest BCUT2D eigenvalue weighted by molar-refractivity contribution is 0.0950. The largest absolute Gasteiger partial charge is 0.368 e. The molecular weight excluding hydrogens is 228 g/mol. The number of anilines is 1. The van der Waals surface area contributed by atoms with Gasteiger partial charge in [0.1, 0.15) is 5.82 Å². The average molecular weight is 248 g/mol. The molecule has 1 heterocycles. The van der Waals surface area contributed by atoms with Crippen LogP contribution in [0, 0.1) is 11.8 Å². The maximum Gasteiger partial charge on any atom is 0.271 e. The van der Waals surface area contributed by atoms with E-state index in [1.807, 2.05) is 6.92 Å². The molecule has 1 unspecified atom stereocenters. The van der Waals surface area contributed by atoms with Crippen molar-refractivity contribution in [3.8, 4) is 0 Å². The van der Waals surface area contributed by atoms with Gasteiger partial charge >= 0.3 is 0 Å². The summed E-state index contributed by atoms with van der Waals surface area (Å²) in [6.45, 7) is 5.64. The lowest BCUT2D eigenvalue weighted by atomic mass is 10.1. The first kappa shape index (κ1) is 12.8. The van der Waals surface area contributed by atoms with Crippen LogP contribution in [-0.4, -0.2) is 29.2 Å². The minimum atomic E-state index is -0.178. The molecule has 0 aliphatic heterocycles. The van der Waals surface area contributed by atoms with Gasteiger partial charge in [-0.15, -0.1) is 10.2 Å². The molecule has 0 aromatic carbocycles. The molecule has 1 atom stereocenters. The third-order valence-corrected chi connectivity index (χ3v) is 3.27. The van der Waals surface area contributed by atoms with E-state index >= 15 is 0 Å². The summed E-state index contributed by atoms with van der Waals surface area (Å²) in [6, 6.07) is 3.50. The van der Waals surface area contributed by atoms with Gasteiger partial charge in [0.05, 0.1) is 0 Å². The third-order valence-electron chi connectivity index (χ3n) is 3.27. The summed E-state index contributed by atoms with van der Waals surface area (Å²) in [6.07, 6.45) is 2.70. The zero-order chi connectivity index (χ0) is 13.0. The maximum absolute atomic E-state index is 11.5. The van der Waals surface area contributed by atoms with Crippen LogP contribution in [0.15, 0.2) is 12.1 Å². The Balaban J connectivity index is 1.84. The van der Waals surface area contributed by atoms with Crippen molar-refractivity contribution >= 4 is 11.7 Å². The van der Waals surface area contributed by atoms with Crippen LogP contribution in [0.3, 0.4) is 0 Å². The fourth-order valence-corrected chi connectivity index (χ4v) is 1.90. The lowest BCUT2D eigenvalue weighted by Crippen LogP contribution is -2.24. The van der Waals surface area contributed by atoms with Crippen LogP contribution in [0.2, 0.25) is 0 Å². The van der Waals surface area contributed by atoms with E-state index in [1.54, 1.807) is 12.1 Å². The van der Waals surface area contributed by atoms with Crippen LogP contribution < -0.4 is 10.6 Å². The highest BCUT2D eigenvalue weighted by molar-refractivity contribution is 5.92. The van der Waals surface area contributed by atoms with Crippen molar-refractivity contribution in [2.75, 3.05) is 18.4 Å². The Morgan fingerprint density at radius 1 is 1.44 bits per heavy atom. The molecule has 18 heavy (non-hydrogen) atoms. The molecule has 1 amide bonds. The van der Waals surface area contributed by atoms with Crippen LogP contribution in [-0.2, 0) is 0 Å². The summed E-state index contributed by atoms with van der Waals surface area (Å²) in [5.74, 6) is 2.10. The van der Waals surface area contributed by atoms with Crippen LogP contribution in [0.5, 0.6) is 0 Å². The normalized spacial score (nSPS) is 16.1. The van der Waals surface area contributed by atoms with E-state index in [2.05, 4.69) is 27.8 Å². The third kappa shape index (κ3) is 3.42. The molecule has 1 aromatic rings. The summed E-state index contributed by atoms with van der Waals surface area (Å²) in [7, 11) is 0. The first-order chi connectivity index (χ1) is 8.70. The van der Waals surface area contributed by atoms with E-state index in [4.69, 9.17) is 0 Å². The fourth-order valence-electron chi connectivity index (χ4n) is 1.90. The molecule has 98 valence electrons. The van der Waals surface area contributed by atoms with Gasteiger partial charge in [-0.1, -0.05) is 6.92 Å². The minimum Gasteiger partial charge on any atom is -0.368 e. The molecule has 1 saturated carbocycles. The second-order valence-electron chi connectivity index (χ2n) is 4.86. The first-order valence-electron chi connectivity index (χ1n) is 6.56. The Labute approximate surface area is 107 Å². The highest BCUT2D eigenvalue weighted by atomic mass is 16.1. The molecule has 1 aliphatic carbocycles. The van der Waals surface area contributed by atoms with Crippen LogP contribution in [0.25, 0.3) is 0 Å². The summed E-state index contributed by atoms with van der Waals surface area (Å²) in [5.41, 5.74) is 0.359. The zero-order valence-electron chi connectivity index (χ0n) is 10.9.